The zero-order valence-electron chi connectivity index (χ0n) is 22.8. The second-order valence-corrected chi connectivity index (χ2v) is 11.3. The minimum absolute atomic E-state index is 0.0479. The van der Waals surface area contributed by atoms with Gasteiger partial charge in [-0.2, -0.15) is 0 Å². The normalized spacial score (nSPS) is 17.0. The first kappa shape index (κ1) is 26.6. The van der Waals surface area contributed by atoms with E-state index in [0.717, 1.165) is 38.9 Å². The summed E-state index contributed by atoms with van der Waals surface area (Å²) in [4.78, 5) is 33.4. The lowest BCUT2D eigenvalue weighted by Gasteiger charge is -2.23. The van der Waals surface area contributed by atoms with E-state index in [1.807, 2.05) is 51.1 Å². The smallest absolute Gasteiger partial charge is 0.301 e. The number of hydrogen-bond donors (Lipinski definition) is 1. The van der Waals surface area contributed by atoms with Crippen LogP contribution in [0.2, 0.25) is 0 Å². The first-order chi connectivity index (χ1) is 18.7. The van der Waals surface area contributed by atoms with Crippen molar-refractivity contribution in [1.29, 1.82) is 0 Å². The van der Waals surface area contributed by atoms with Crippen LogP contribution in [0.1, 0.15) is 67.0 Å². The molecule has 1 atom stereocenters. The van der Waals surface area contributed by atoms with Crippen molar-refractivity contribution in [2.24, 2.45) is 0 Å². The van der Waals surface area contributed by atoms with Crippen molar-refractivity contribution in [1.82, 2.24) is 4.98 Å². The summed E-state index contributed by atoms with van der Waals surface area (Å²) in [6.45, 7) is 10.8. The van der Waals surface area contributed by atoms with Crippen LogP contribution < -0.4 is 9.64 Å². The number of fused-ring (bicyclic) bond motifs is 1. The Balaban J connectivity index is 1.66. The maximum Gasteiger partial charge on any atom is 0.301 e. The van der Waals surface area contributed by atoms with Crippen LogP contribution in [0.3, 0.4) is 0 Å². The number of carbonyl (C=O) groups is 2. The van der Waals surface area contributed by atoms with E-state index in [1.165, 1.54) is 16.2 Å². The van der Waals surface area contributed by atoms with Gasteiger partial charge in [-0.15, -0.1) is 0 Å². The summed E-state index contributed by atoms with van der Waals surface area (Å²) in [5.74, 6) is -0.650. The summed E-state index contributed by atoms with van der Waals surface area (Å²) < 4.78 is 6.61. The molecule has 5 rings (SSSR count). The number of Topliss-reactive ketones (excluding diaryl/α,β-unsaturated/α-hetero) is 1. The molecule has 1 aliphatic heterocycles. The Morgan fingerprint density at radius 2 is 1.74 bits per heavy atom. The standard InChI is InChI=1S/C32H32N2O4S/c1-6-15-38-24-13-11-23(12-14-24)29(35)26-28(22-9-7-21(8-10-22)18(2)3)34(31(37)30(26)36)32-33-27-20(5)16-19(4)17-25(27)39-32/h7-14,16-18,28,35H,6,15H2,1-5H3/b29-26+. The molecule has 200 valence electrons. The highest BCUT2D eigenvalue weighted by Crippen LogP contribution is 2.45. The zero-order chi connectivity index (χ0) is 27.8. The second kappa shape index (κ2) is 10.7. The highest BCUT2D eigenvalue weighted by Gasteiger charge is 2.48. The van der Waals surface area contributed by atoms with Gasteiger partial charge >= 0.3 is 5.91 Å². The predicted molar refractivity (Wildman–Crippen MR) is 157 cm³/mol. The third-order valence-corrected chi connectivity index (χ3v) is 7.99. The van der Waals surface area contributed by atoms with Crippen LogP contribution in [-0.2, 0) is 9.59 Å². The number of aliphatic hydroxyl groups is 1. The lowest BCUT2D eigenvalue weighted by molar-refractivity contribution is -0.132. The molecule has 1 unspecified atom stereocenters. The third kappa shape index (κ3) is 4.94. The Kier molecular flexibility index (Phi) is 7.28. The lowest BCUT2D eigenvalue weighted by Crippen LogP contribution is -2.29. The molecule has 0 aliphatic carbocycles. The van der Waals surface area contributed by atoms with Gasteiger partial charge in [0, 0.05) is 5.56 Å². The Hall–Kier alpha value is -3.97. The van der Waals surface area contributed by atoms with Crippen LogP contribution in [0.4, 0.5) is 5.13 Å². The van der Waals surface area contributed by atoms with E-state index in [1.54, 1.807) is 24.3 Å². The van der Waals surface area contributed by atoms with Crippen LogP contribution >= 0.6 is 11.3 Å². The number of carbonyl (C=O) groups excluding carboxylic acids is 2. The van der Waals surface area contributed by atoms with Crippen molar-refractivity contribution in [2.75, 3.05) is 11.5 Å². The number of rotatable bonds is 7. The first-order valence-electron chi connectivity index (χ1n) is 13.2. The van der Waals surface area contributed by atoms with Gasteiger partial charge in [0.25, 0.3) is 5.78 Å². The van der Waals surface area contributed by atoms with Crippen LogP contribution in [0, 0.1) is 13.8 Å². The maximum absolute atomic E-state index is 13.6. The summed E-state index contributed by atoms with van der Waals surface area (Å²) in [6, 6.07) is 18.1. The van der Waals surface area contributed by atoms with Crippen molar-refractivity contribution in [2.45, 2.75) is 53.0 Å². The number of aromatic nitrogens is 1. The fraction of sp³-hybridized carbons (Fsp3) is 0.281. The summed E-state index contributed by atoms with van der Waals surface area (Å²) in [7, 11) is 0. The van der Waals surface area contributed by atoms with E-state index in [-0.39, 0.29) is 11.3 Å². The number of nitrogens with zero attached hydrogens (tertiary/aromatic N) is 2. The first-order valence-corrected chi connectivity index (χ1v) is 14.0. The predicted octanol–water partition coefficient (Wildman–Crippen LogP) is 7.45. The third-order valence-electron chi connectivity index (χ3n) is 6.99. The Bertz CT molecular complexity index is 1580. The van der Waals surface area contributed by atoms with E-state index in [4.69, 9.17) is 9.72 Å². The van der Waals surface area contributed by atoms with Crippen molar-refractivity contribution < 1.29 is 19.4 Å². The zero-order valence-corrected chi connectivity index (χ0v) is 23.6. The summed E-state index contributed by atoms with van der Waals surface area (Å²) in [5, 5.41) is 11.9. The van der Waals surface area contributed by atoms with Crippen molar-refractivity contribution in [3.8, 4) is 5.75 Å². The van der Waals surface area contributed by atoms with Crippen LogP contribution in [0.25, 0.3) is 16.0 Å². The average Bonchev–Trinajstić information content (AvgIpc) is 3.46. The number of benzene rings is 3. The number of thiazole rings is 1. The number of ether oxygens (including phenoxy) is 1. The molecule has 0 spiro atoms. The highest BCUT2D eigenvalue weighted by atomic mass is 32.1. The number of ketones is 1. The van der Waals surface area contributed by atoms with Crippen molar-refractivity contribution >= 4 is 44.1 Å². The molecule has 2 heterocycles. The molecule has 0 saturated carbocycles. The molecule has 1 N–H and O–H groups in total. The van der Waals surface area contributed by atoms with Gasteiger partial charge in [0.05, 0.1) is 28.4 Å². The fourth-order valence-electron chi connectivity index (χ4n) is 4.95. The minimum atomic E-state index is -0.816. The molecule has 7 heteroatoms. The van der Waals surface area contributed by atoms with E-state index in [0.29, 0.717) is 29.0 Å². The summed E-state index contributed by atoms with van der Waals surface area (Å²) in [5.41, 5.74) is 5.28. The summed E-state index contributed by atoms with van der Waals surface area (Å²) in [6.07, 6.45) is 0.881. The molecule has 39 heavy (non-hydrogen) atoms. The molecule has 0 radical (unpaired) electrons. The largest absolute Gasteiger partial charge is 0.507 e. The molecule has 4 aromatic rings. The Morgan fingerprint density at radius 1 is 1.05 bits per heavy atom. The quantitative estimate of drug-likeness (QED) is 0.150. The summed E-state index contributed by atoms with van der Waals surface area (Å²) >= 11 is 1.38. The van der Waals surface area contributed by atoms with Gasteiger partial charge in [-0.05, 0) is 78.8 Å². The van der Waals surface area contributed by atoms with Crippen LogP contribution in [-0.4, -0.2) is 28.4 Å². The molecule has 3 aromatic carbocycles. The molecular formula is C32H32N2O4S. The van der Waals surface area contributed by atoms with Crippen LogP contribution in [0.5, 0.6) is 5.75 Å². The topological polar surface area (TPSA) is 79.7 Å². The highest BCUT2D eigenvalue weighted by molar-refractivity contribution is 7.22. The van der Waals surface area contributed by atoms with E-state index in [2.05, 4.69) is 19.9 Å². The van der Waals surface area contributed by atoms with E-state index < -0.39 is 17.7 Å². The molecule has 1 amide bonds. The number of aryl methyl sites for hydroxylation is 2. The minimum Gasteiger partial charge on any atom is -0.507 e. The fourth-order valence-corrected chi connectivity index (χ4v) is 6.12. The van der Waals surface area contributed by atoms with Crippen LogP contribution in [0.15, 0.2) is 66.2 Å². The van der Waals surface area contributed by atoms with Gasteiger partial charge in [0.1, 0.15) is 11.5 Å². The van der Waals surface area contributed by atoms with E-state index >= 15 is 0 Å². The van der Waals surface area contributed by atoms with Gasteiger partial charge < -0.3 is 9.84 Å². The number of hydrogen-bond acceptors (Lipinski definition) is 6. The van der Waals surface area contributed by atoms with Crippen molar-refractivity contribution in [3.63, 3.8) is 0 Å². The number of aliphatic hydroxyl groups excluding tert-OH is 1. The molecule has 1 fully saturated rings. The van der Waals surface area contributed by atoms with Gasteiger partial charge in [-0.1, -0.05) is 62.4 Å². The average molecular weight is 541 g/mol. The van der Waals surface area contributed by atoms with Crippen molar-refractivity contribution in [3.05, 3.63) is 94.1 Å². The number of anilines is 1. The van der Waals surface area contributed by atoms with Gasteiger partial charge in [0.15, 0.2) is 5.13 Å². The molecule has 1 aliphatic rings. The Morgan fingerprint density at radius 3 is 2.38 bits per heavy atom. The van der Waals surface area contributed by atoms with Gasteiger partial charge in [-0.25, -0.2) is 4.98 Å². The molecule has 1 saturated heterocycles. The Labute approximate surface area is 232 Å². The molecule has 0 bridgehead atoms. The molecule has 6 nitrogen and oxygen atoms in total. The number of amides is 1. The van der Waals surface area contributed by atoms with Gasteiger partial charge in [0.2, 0.25) is 0 Å². The SMILES string of the molecule is CCCOc1ccc(/C(O)=C2\C(=O)C(=O)N(c3nc4c(C)cc(C)cc4s3)C2c2ccc(C(C)C)cc2)cc1. The second-order valence-electron chi connectivity index (χ2n) is 10.3. The monoisotopic (exact) mass is 540 g/mol. The molecular weight excluding hydrogens is 508 g/mol. The maximum atomic E-state index is 13.6. The lowest BCUT2D eigenvalue weighted by atomic mass is 9.93. The molecule has 1 aromatic heterocycles. The van der Waals surface area contributed by atoms with E-state index in [9.17, 15) is 14.7 Å². The van der Waals surface area contributed by atoms with Gasteiger partial charge in [-0.3, -0.25) is 14.5 Å².